The van der Waals surface area contributed by atoms with Crippen molar-refractivity contribution in [3.05, 3.63) is 58.8 Å². The Morgan fingerprint density at radius 1 is 1.26 bits per heavy atom. The molecule has 0 fully saturated rings. The SMILES string of the molecule is CCc1cc[n+](CC(=O)Nc2cccc(Br)c2)cc1. The number of pyridine rings is 1. The summed E-state index contributed by atoms with van der Waals surface area (Å²) in [7, 11) is 0. The first-order chi connectivity index (χ1) is 9.17. The van der Waals surface area contributed by atoms with Crippen molar-refractivity contribution in [2.45, 2.75) is 19.9 Å². The van der Waals surface area contributed by atoms with Gasteiger partial charge in [-0.3, -0.25) is 4.79 Å². The van der Waals surface area contributed by atoms with Gasteiger partial charge < -0.3 is 5.32 Å². The lowest BCUT2D eigenvalue weighted by atomic mass is 10.2. The fourth-order valence-electron chi connectivity index (χ4n) is 1.76. The number of nitrogens with zero attached hydrogens (tertiary/aromatic N) is 1. The lowest BCUT2D eigenvalue weighted by Crippen LogP contribution is -2.39. The number of hydrogen-bond donors (Lipinski definition) is 1. The van der Waals surface area contributed by atoms with Gasteiger partial charge in [0.25, 0.3) is 5.91 Å². The molecule has 0 saturated heterocycles. The Hall–Kier alpha value is -1.68. The van der Waals surface area contributed by atoms with Gasteiger partial charge >= 0.3 is 0 Å². The summed E-state index contributed by atoms with van der Waals surface area (Å²) >= 11 is 3.38. The quantitative estimate of drug-likeness (QED) is 0.863. The van der Waals surface area contributed by atoms with Gasteiger partial charge in [0, 0.05) is 22.3 Å². The van der Waals surface area contributed by atoms with E-state index in [1.165, 1.54) is 5.56 Å². The topological polar surface area (TPSA) is 33.0 Å². The van der Waals surface area contributed by atoms with Gasteiger partial charge in [-0.2, -0.15) is 4.57 Å². The molecule has 0 radical (unpaired) electrons. The Balaban J connectivity index is 1.97. The van der Waals surface area contributed by atoms with Crippen molar-refractivity contribution >= 4 is 27.5 Å². The van der Waals surface area contributed by atoms with Crippen LogP contribution in [-0.2, 0) is 17.8 Å². The van der Waals surface area contributed by atoms with Crippen LogP contribution in [0.1, 0.15) is 12.5 Å². The maximum atomic E-state index is 11.9. The Morgan fingerprint density at radius 2 is 2.00 bits per heavy atom. The lowest BCUT2D eigenvalue weighted by Gasteiger charge is -2.03. The second-order valence-electron chi connectivity index (χ2n) is 4.29. The molecular formula is C15H16BrN2O+. The molecule has 0 spiro atoms. The number of aryl methyl sites for hydroxylation is 1. The lowest BCUT2D eigenvalue weighted by molar-refractivity contribution is -0.684. The Bertz CT molecular complexity index is 567. The Labute approximate surface area is 121 Å². The zero-order chi connectivity index (χ0) is 13.7. The van der Waals surface area contributed by atoms with E-state index in [9.17, 15) is 4.79 Å². The highest BCUT2D eigenvalue weighted by Crippen LogP contribution is 2.15. The third-order valence-corrected chi connectivity index (χ3v) is 3.30. The summed E-state index contributed by atoms with van der Waals surface area (Å²) in [5.41, 5.74) is 2.06. The minimum atomic E-state index is -0.0349. The number of hydrogen-bond acceptors (Lipinski definition) is 1. The number of aromatic nitrogens is 1. The molecule has 0 saturated carbocycles. The average molecular weight is 320 g/mol. The second-order valence-corrected chi connectivity index (χ2v) is 5.21. The van der Waals surface area contributed by atoms with Crippen LogP contribution in [0.25, 0.3) is 0 Å². The van der Waals surface area contributed by atoms with Crippen LogP contribution in [0.15, 0.2) is 53.3 Å². The van der Waals surface area contributed by atoms with Gasteiger partial charge in [-0.15, -0.1) is 0 Å². The van der Waals surface area contributed by atoms with Crippen molar-refractivity contribution in [1.29, 1.82) is 0 Å². The first kappa shape index (κ1) is 13.7. The van der Waals surface area contributed by atoms with Gasteiger partial charge in [-0.1, -0.05) is 28.9 Å². The van der Waals surface area contributed by atoms with Crippen molar-refractivity contribution in [1.82, 2.24) is 0 Å². The third kappa shape index (κ3) is 4.17. The predicted octanol–water partition coefficient (Wildman–Crippen LogP) is 2.94. The highest BCUT2D eigenvalue weighted by atomic mass is 79.9. The molecule has 0 atom stereocenters. The van der Waals surface area contributed by atoms with E-state index >= 15 is 0 Å². The zero-order valence-corrected chi connectivity index (χ0v) is 12.4. The summed E-state index contributed by atoms with van der Waals surface area (Å²) < 4.78 is 2.82. The van der Waals surface area contributed by atoms with Crippen molar-refractivity contribution < 1.29 is 9.36 Å². The first-order valence-corrected chi connectivity index (χ1v) is 7.00. The summed E-state index contributed by atoms with van der Waals surface area (Å²) in [5.74, 6) is -0.0349. The Morgan fingerprint density at radius 3 is 2.63 bits per heavy atom. The summed E-state index contributed by atoms with van der Waals surface area (Å²) in [5, 5.41) is 2.87. The van der Waals surface area contributed by atoms with E-state index in [0.29, 0.717) is 6.54 Å². The molecule has 1 amide bonds. The van der Waals surface area contributed by atoms with Gasteiger partial charge in [0.1, 0.15) is 0 Å². The van der Waals surface area contributed by atoms with E-state index in [1.807, 2.05) is 53.4 Å². The minimum absolute atomic E-state index is 0.0349. The zero-order valence-electron chi connectivity index (χ0n) is 10.8. The minimum Gasteiger partial charge on any atom is -0.321 e. The van der Waals surface area contributed by atoms with Crippen LogP contribution in [0.4, 0.5) is 5.69 Å². The normalized spacial score (nSPS) is 10.2. The van der Waals surface area contributed by atoms with Gasteiger partial charge in [0.05, 0.1) is 0 Å². The van der Waals surface area contributed by atoms with Crippen molar-refractivity contribution in [3.63, 3.8) is 0 Å². The Kier molecular flexibility index (Phi) is 4.68. The maximum Gasteiger partial charge on any atom is 0.290 e. The van der Waals surface area contributed by atoms with E-state index in [0.717, 1.165) is 16.6 Å². The third-order valence-electron chi connectivity index (χ3n) is 2.80. The molecule has 3 nitrogen and oxygen atoms in total. The fraction of sp³-hybridized carbons (Fsp3) is 0.200. The second kappa shape index (κ2) is 6.48. The molecule has 1 heterocycles. The summed E-state index contributed by atoms with van der Waals surface area (Å²) in [6.07, 6.45) is 4.86. The smallest absolute Gasteiger partial charge is 0.290 e. The number of anilines is 1. The fourth-order valence-corrected chi connectivity index (χ4v) is 2.16. The monoisotopic (exact) mass is 319 g/mol. The molecule has 0 aliphatic heterocycles. The molecule has 19 heavy (non-hydrogen) atoms. The molecule has 0 aliphatic rings. The van der Waals surface area contributed by atoms with Crippen molar-refractivity contribution in [3.8, 4) is 0 Å². The van der Waals surface area contributed by atoms with Gasteiger partial charge in [0.15, 0.2) is 12.4 Å². The molecular weight excluding hydrogens is 304 g/mol. The first-order valence-electron chi connectivity index (χ1n) is 6.21. The molecule has 1 aromatic carbocycles. The number of rotatable bonds is 4. The van der Waals surface area contributed by atoms with Crippen LogP contribution in [-0.4, -0.2) is 5.91 Å². The van der Waals surface area contributed by atoms with E-state index in [4.69, 9.17) is 0 Å². The van der Waals surface area contributed by atoms with Crippen LogP contribution < -0.4 is 9.88 Å². The molecule has 2 rings (SSSR count). The number of carbonyl (C=O) groups excluding carboxylic acids is 1. The largest absolute Gasteiger partial charge is 0.321 e. The van der Waals surface area contributed by atoms with Crippen LogP contribution in [0.5, 0.6) is 0 Å². The van der Waals surface area contributed by atoms with Crippen LogP contribution in [0.3, 0.4) is 0 Å². The van der Waals surface area contributed by atoms with Crippen molar-refractivity contribution in [2.24, 2.45) is 0 Å². The van der Waals surface area contributed by atoms with E-state index < -0.39 is 0 Å². The van der Waals surface area contributed by atoms with E-state index in [2.05, 4.69) is 28.2 Å². The molecule has 0 bridgehead atoms. The van der Waals surface area contributed by atoms with Gasteiger partial charge in [-0.25, -0.2) is 0 Å². The molecule has 4 heteroatoms. The number of halogens is 1. The predicted molar refractivity (Wildman–Crippen MR) is 78.8 cm³/mol. The van der Waals surface area contributed by atoms with E-state index in [1.54, 1.807) is 0 Å². The number of nitrogens with one attached hydrogen (secondary N) is 1. The molecule has 98 valence electrons. The highest BCUT2D eigenvalue weighted by Gasteiger charge is 2.09. The van der Waals surface area contributed by atoms with Gasteiger partial charge in [-0.05, 0) is 30.2 Å². The molecule has 0 unspecified atom stereocenters. The average Bonchev–Trinajstić information content (AvgIpc) is 2.39. The van der Waals surface area contributed by atoms with Crippen LogP contribution in [0, 0.1) is 0 Å². The van der Waals surface area contributed by atoms with Crippen LogP contribution >= 0.6 is 15.9 Å². The highest BCUT2D eigenvalue weighted by molar-refractivity contribution is 9.10. The maximum absolute atomic E-state index is 11.9. The molecule has 1 aromatic heterocycles. The summed E-state index contributed by atoms with van der Waals surface area (Å²) in [6, 6.07) is 11.6. The molecule has 0 aliphatic carbocycles. The number of benzene rings is 1. The number of carbonyl (C=O) groups is 1. The van der Waals surface area contributed by atoms with Gasteiger partial charge in [0.2, 0.25) is 6.54 Å². The van der Waals surface area contributed by atoms with Crippen molar-refractivity contribution in [2.75, 3.05) is 5.32 Å². The standard InChI is InChI=1S/C15H15BrN2O/c1-2-12-6-8-18(9-7-12)11-15(19)17-14-5-3-4-13(16)10-14/h3-10H,2,11H2,1H3/p+1. The number of amides is 1. The summed E-state index contributed by atoms with van der Waals surface area (Å²) in [6.45, 7) is 2.43. The molecule has 1 N–H and O–H groups in total. The molecule has 2 aromatic rings. The summed E-state index contributed by atoms with van der Waals surface area (Å²) in [4.78, 5) is 11.9. The van der Waals surface area contributed by atoms with Crippen LogP contribution in [0.2, 0.25) is 0 Å². The van der Waals surface area contributed by atoms with E-state index in [-0.39, 0.29) is 5.91 Å².